The molecule has 1 rings (SSSR count). The summed E-state index contributed by atoms with van der Waals surface area (Å²) >= 11 is 3.40. The van der Waals surface area contributed by atoms with Gasteiger partial charge in [0.15, 0.2) is 0 Å². The van der Waals surface area contributed by atoms with E-state index in [1.54, 1.807) is 7.11 Å². The summed E-state index contributed by atoms with van der Waals surface area (Å²) in [5.74, 6) is 0. The van der Waals surface area contributed by atoms with E-state index in [0.717, 1.165) is 4.48 Å². The summed E-state index contributed by atoms with van der Waals surface area (Å²) in [6.45, 7) is 2.05. The highest BCUT2D eigenvalue weighted by Crippen LogP contribution is 2.24. The Bertz CT molecular complexity index is 170. The summed E-state index contributed by atoms with van der Waals surface area (Å²) < 4.78 is 6.27. The predicted octanol–water partition coefficient (Wildman–Crippen LogP) is 2.24. The Hall–Kier alpha value is -0.0800. The predicted molar refractivity (Wildman–Crippen MR) is 41.6 cm³/mol. The topological polar surface area (TPSA) is 9.23 Å². The van der Waals surface area contributed by atoms with Crippen molar-refractivity contribution in [1.82, 2.24) is 0 Å². The zero-order chi connectivity index (χ0) is 6.85. The van der Waals surface area contributed by atoms with Crippen LogP contribution >= 0.6 is 15.9 Å². The molecule has 1 atom stereocenters. The minimum atomic E-state index is 0.194. The van der Waals surface area contributed by atoms with Crippen LogP contribution in [-0.4, -0.2) is 13.2 Å². The largest absolute Gasteiger partial charge is 0.373 e. The first-order valence-electron chi connectivity index (χ1n) is 2.83. The number of rotatable bonds is 1. The van der Waals surface area contributed by atoms with Crippen LogP contribution in [0.5, 0.6) is 0 Å². The zero-order valence-electron chi connectivity index (χ0n) is 5.52. The molecular formula is C7H9BrO. The van der Waals surface area contributed by atoms with Crippen molar-refractivity contribution in [2.45, 2.75) is 13.0 Å². The van der Waals surface area contributed by atoms with Crippen LogP contribution < -0.4 is 0 Å². The highest BCUT2D eigenvalue weighted by Gasteiger charge is 2.12. The first-order valence-corrected chi connectivity index (χ1v) is 3.62. The number of halogens is 1. The van der Waals surface area contributed by atoms with Crippen LogP contribution in [0.25, 0.3) is 0 Å². The van der Waals surface area contributed by atoms with E-state index in [4.69, 9.17) is 4.74 Å². The van der Waals surface area contributed by atoms with E-state index in [1.165, 1.54) is 5.57 Å². The van der Waals surface area contributed by atoms with Crippen LogP contribution in [-0.2, 0) is 4.74 Å². The van der Waals surface area contributed by atoms with Crippen molar-refractivity contribution in [3.05, 3.63) is 22.2 Å². The quantitative estimate of drug-likeness (QED) is 0.614. The van der Waals surface area contributed by atoms with Crippen LogP contribution in [0.3, 0.4) is 0 Å². The maximum Gasteiger partial charge on any atom is 0.0977 e. The van der Waals surface area contributed by atoms with Gasteiger partial charge >= 0.3 is 0 Å². The molecule has 0 radical (unpaired) electrons. The Morgan fingerprint density at radius 3 is 2.56 bits per heavy atom. The minimum absolute atomic E-state index is 0.194. The lowest BCUT2D eigenvalue weighted by atomic mass is 10.2. The van der Waals surface area contributed by atoms with Crippen molar-refractivity contribution in [2.75, 3.05) is 7.11 Å². The van der Waals surface area contributed by atoms with Gasteiger partial charge in [0.2, 0.25) is 0 Å². The number of hydrogen-bond donors (Lipinski definition) is 0. The van der Waals surface area contributed by atoms with Gasteiger partial charge in [-0.25, -0.2) is 0 Å². The molecule has 1 unspecified atom stereocenters. The smallest absolute Gasteiger partial charge is 0.0977 e. The molecule has 0 saturated carbocycles. The van der Waals surface area contributed by atoms with Crippen molar-refractivity contribution in [1.29, 1.82) is 0 Å². The number of ether oxygens (including phenoxy) is 1. The molecule has 2 heteroatoms. The number of hydrogen-bond acceptors (Lipinski definition) is 1. The fraction of sp³-hybridized carbons (Fsp3) is 0.429. The van der Waals surface area contributed by atoms with E-state index >= 15 is 0 Å². The Kier molecular flexibility index (Phi) is 2.09. The van der Waals surface area contributed by atoms with Crippen LogP contribution in [0.1, 0.15) is 6.92 Å². The maximum atomic E-state index is 5.12. The van der Waals surface area contributed by atoms with Crippen molar-refractivity contribution in [3.8, 4) is 0 Å². The van der Waals surface area contributed by atoms with Crippen LogP contribution in [0, 0.1) is 0 Å². The van der Waals surface area contributed by atoms with Gasteiger partial charge in [-0.3, -0.25) is 0 Å². The molecule has 0 N–H and O–H groups in total. The normalized spacial score (nSPS) is 25.9. The van der Waals surface area contributed by atoms with Crippen molar-refractivity contribution in [2.24, 2.45) is 0 Å². The fourth-order valence-electron chi connectivity index (χ4n) is 0.839. The summed E-state index contributed by atoms with van der Waals surface area (Å²) in [5.41, 5.74) is 1.25. The zero-order valence-corrected chi connectivity index (χ0v) is 7.10. The van der Waals surface area contributed by atoms with Gasteiger partial charge in [-0.1, -0.05) is 22.0 Å². The molecule has 0 aromatic carbocycles. The average Bonchev–Trinajstić information content (AvgIpc) is 2.15. The molecule has 1 aliphatic carbocycles. The van der Waals surface area contributed by atoms with E-state index in [9.17, 15) is 0 Å². The van der Waals surface area contributed by atoms with Crippen LogP contribution in [0.4, 0.5) is 0 Å². The van der Waals surface area contributed by atoms with Gasteiger partial charge in [0.05, 0.1) is 6.10 Å². The Morgan fingerprint density at radius 2 is 2.33 bits per heavy atom. The lowest BCUT2D eigenvalue weighted by Gasteiger charge is -2.05. The monoisotopic (exact) mass is 188 g/mol. The second kappa shape index (κ2) is 2.67. The Labute approximate surface area is 63.5 Å². The molecule has 50 valence electrons. The second-order valence-electron chi connectivity index (χ2n) is 2.05. The molecule has 0 fully saturated rings. The third kappa shape index (κ3) is 1.25. The molecule has 0 heterocycles. The van der Waals surface area contributed by atoms with E-state index in [0.29, 0.717) is 0 Å². The van der Waals surface area contributed by atoms with Gasteiger partial charge < -0.3 is 4.74 Å². The highest BCUT2D eigenvalue weighted by molar-refractivity contribution is 9.11. The van der Waals surface area contributed by atoms with E-state index < -0.39 is 0 Å². The minimum Gasteiger partial charge on any atom is -0.373 e. The maximum absolute atomic E-state index is 5.12. The molecular weight excluding hydrogens is 180 g/mol. The fourth-order valence-corrected chi connectivity index (χ4v) is 1.22. The Balaban J connectivity index is 2.74. The second-order valence-corrected chi connectivity index (χ2v) is 2.90. The standard InChI is InChI=1S/C7H9BrO/c1-5-6(8)3-4-7(5)9-2/h3-4,7H,1-2H3. The summed E-state index contributed by atoms with van der Waals surface area (Å²) in [6.07, 6.45) is 4.24. The third-order valence-electron chi connectivity index (χ3n) is 1.47. The van der Waals surface area contributed by atoms with Crippen LogP contribution in [0.15, 0.2) is 22.2 Å². The lowest BCUT2D eigenvalue weighted by molar-refractivity contribution is 0.170. The summed E-state index contributed by atoms with van der Waals surface area (Å²) in [5, 5.41) is 0. The molecule has 0 aromatic heterocycles. The molecule has 0 bridgehead atoms. The summed E-state index contributed by atoms with van der Waals surface area (Å²) in [4.78, 5) is 0. The molecule has 0 spiro atoms. The van der Waals surface area contributed by atoms with Gasteiger partial charge in [-0.05, 0) is 18.6 Å². The first kappa shape index (κ1) is 7.03. The highest BCUT2D eigenvalue weighted by atomic mass is 79.9. The van der Waals surface area contributed by atoms with Gasteiger partial charge in [-0.2, -0.15) is 0 Å². The lowest BCUT2D eigenvalue weighted by Crippen LogP contribution is -2.04. The first-order chi connectivity index (χ1) is 4.25. The molecule has 0 aromatic rings. The van der Waals surface area contributed by atoms with Crippen LogP contribution in [0.2, 0.25) is 0 Å². The number of allylic oxidation sites excluding steroid dienone is 2. The van der Waals surface area contributed by atoms with E-state index in [1.807, 2.05) is 12.2 Å². The molecule has 0 aliphatic heterocycles. The van der Waals surface area contributed by atoms with Gasteiger partial charge in [0.25, 0.3) is 0 Å². The average molecular weight is 189 g/mol. The molecule has 9 heavy (non-hydrogen) atoms. The third-order valence-corrected chi connectivity index (χ3v) is 2.36. The molecule has 0 saturated heterocycles. The van der Waals surface area contributed by atoms with Crippen molar-refractivity contribution in [3.63, 3.8) is 0 Å². The molecule has 0 amide bonds. The van der Waals surface area contributed by atoms with E-state index in [2.05, 4.69) is 22.9 Å². The summed E-state index contributed by atoms with van der Waals surface area (Å²) in [7, 11) is 1.71. The molecule has 1 aliphatic rings. The number of methoxy groups -OCH3 is 1. The van der Waals surface area contributed by atoms with Gasteiger partial charge in [-0.15, -0.1) is 0 Å². The van der Waals surface area contributed by atoms with Gasteiger partial charge in [0.1, 0.15) is 0 Å². The van der Waals surface area contributed by atoms with E-state index in [-0.39, 0.29) is 6.10 Å². The Morgan fingerprint density at radius 1 is 1.67 bits per heavy atom. The SMILES string of the molecule is COC1C=CC(Br)=C1C. The van der Waals surface area contributed by atoms with Gasteiger partial charge in [0, 0.05) is 11.6 Å². The molecule has 1 nitrogen and oxygen atoms in total. The van der Waals surface area contributed by atoms with Crippen molar-refractivity contribution < 1.29 is 4.74 Å². The van der Waals surface area contributed by atoms with Crippen molar-refractivity contribution >= 4 is 15.9 Å². The summed E-state index contributed by atoms with van der Waals surface area (Å²) in [6, 6.07) is 0.